The first-order valence-electron chi connectivity index (χ1n) is 13.4. The maximum Gasteiger partial charge on any atom is 0.268 e. The number of ether oxygens (including phenoxy) is 1. The van der Waals surface area contributed by atoms with Crippen LogP contribution in [0.3, 0.4) is 0 Å². The van der Waals surface area contributed by atoms with Crippen molar-refractivity contribution in [2.24, 2.45) is 0 Å². The van der Waals surface area contributed by atoms with E-state index in [1.54, 1.807) is 6.07 Å². The Hall–Kier alpha value is -3.52. The molecule has 1 fully saturated rings. The molecule has 0 spiro atoms. The molecule has 0 radical (unpaired) electrons. The molecule has 5 rings (SSSR count). The Kier molecular flexibility index (Phi) is 8.29. The van der Waals surface area contributed by atoms with Gasteiger partial charge in [-0.2, -0.15) is 5.10 Å². The molecule has 0 saturated carbocycles. The number of carbonyl (C=O) groups is 1. The quantitative estimate of drug-likeness (QED) is 0.255. The van der Waals surface area contributed by atoms with Gasteiger partial charge in [0.25, 0.3) is 5.91 Å². The van der Waals surface area contributed by atoms with E-state index in [9.17, 15) is 13.6 Å². The number of aromatic nitrogens is 5. The lowest BCUT2D eigenvalue weighted by Crippen LogP contribution is -2.60. The molecule has 1 aromatic carbocycles. The molecule has 0 aliphatic carbocycles. The molecule has 1 saturated heterocycles. The Morgan fingerprint density at radius 2 is 1.90 bits per heavy atom. The molecule has 1 amide bonds. The number of nitrogens with zero attached hydrogens (tertiary/aromatic N) is 6. The van der Waals surface area contributed by atoms with E-state index >= 15 is 0 Å². The zero-order chi connectivity index (χ0) is 30.2. The van der Waals surface area contributed by atoms with E-state index in [1.165, 1.54) is 41.5 Å². The lowest BCUT2D eigenvalue weighted by atomic mass is 10.1. The average Bonchev–Trinajstić information content (AvgIpc) is 3.32. The second-order valence-electron chi connectivity index (χ2n) is 11.7. The molecule has 14 heteroatoms. The SMILES string of the molecule is CC(C)(C)[Si](C)(C)OC1CN(C[C@H](Oc2ncnc3c2cnn3-c2c(F)cccc2Cl)C(=O)Nc2ccc(F)cn2)C1. The number of fused-ring (bicyclic) bond motifs is 1. The molecular weight excluding hydrogens is 584 g/mol. The van der Waals surface area contributed by atoms with Crippen molar-refractivity contribution in [2.75, 3.05) is 25.0 Å². The van der Waals surface area contributed by atoms with Crippen LogP contribution in [0.2, 0.25) is 23.2 Å². The van der Waals surface area contributed by atoms with Gasteiger partial charge in [0.15, 0.2) is 20.1 Å². The Balaban J connectivity index is 1.38. The van der Waals surface area contributed by atoms with Crippen LogP contribution in [0, 0.1) is 11.6 Å². The summed E-state index contributed by atoms with van der Waals surface area (Å²) in [6.07, 6.45) is 2.71. The van der Waals surface area contributed by atoms with Gasteiger partial charge in [-0.25, -0.2) is 28.4 Å². The highest BCUT2D eigenvalue weighted by atomic mass is 35.5. The first kappa shape index (κ1) is 30.0. The predicted octanol–water partition coefficient (Wildman–Crippen LogP) is 5.23. The summed E-state index contributed by atoms with van der Waals surface area (Å²) in [4.78, 5) is 27.9. The van der Waals surface area contributed by atoms with Crippen LogP contribution in [-0.4, -0.2) is 75.7 Å². The maximum absolute atomic E-state index is 14.7. The van der Waals surface area contributed by atoms with Gasteiger partial charge in [-0.1, -0.05) is 38.4 Å². The summed E-state index contributed by atoms with van der Waals surface area (Å²) in [6, 6.07) is 6.87. The van der Waals surface area contributed by atoms with Crippen molar-refractivity contribution in [1.29, 1.82) is 0 Å². The fraction of sp³-hybridized carbons (Fsp3) is 0.393. The van der Waals surface area contributed by atoms with Gasteiger partial charge in [0, 0.05) is 19.6 Å². The summed E-state index contributed by atoms with van der Waals surface area (Å²) in [5.74, 6) is -1.35. The molecule has 42 heavy (non-hydrogen) atoms. The minimum atomic E-state index is -1.95. The number of para-hydroxylation sites is 1. The Morgan fingerprint density at radius 3 is 2.57 bits per heavy atom. The molecule has 1 N–H and O–H groups in total. The number of benzene rings is 1. The minimum Gasteiger partial charge on any atom is -0.462 e. The highest BCUT2D eigenvalue weighted by Gasteiger charge is 2.42. The third-order valence-electron chi connectivity index (χ3n) is 7.62. The highest BCUT2D eigenvalue weighted by molar-refractivity contribution is 6.74. The largest absolute Gasteiger partial charge is 0.462 e. The van der Waals surface area contributed by atoms with E-state index in [4.69, 9.17) is 20.8 Å². The van der Waals surface area contributed by atoms with Crippen LogP contribution < -0.4 is 10.1 Å². The Bertz CT molecular complexity index is 1570. The van der Waals surface area contributed by atoms with Crippen molar-refractivity contribution in [3.63, 3.8) is 0 Å². The number of amides is 1. The molecule has 1 atom stereocenters. The van der Waals surface area contributed by atoms with E-state index in [0.29, 0.717) is 18.5 Å². The zero-order valence-corrected chi connectivity index (χ0v) is 25.7. The minimum absolute atomic E-state index is 0.0313. The third-order valence-corrected chi connectivity index (χ3v) is 12.5. The van der Waals surface area contributed by atoms with Crippen LogP contribution in [0.1, 0.15) is 20.8 Å². The second-order valence-corrected chi connectivity index (χ2v) is 16.9. The number of carbonyl (C=O) groups excluding carboxylic acids is 1. The summed E-state index contributed by atoms with van der Waals surface area (Å²) >= 11 is 6.26. The van der Waals surface area contributed by atoms with Crippen molar-refractivity contribution >= 4 is 42.7 Å². The molecule has 1 aliphatic rings. The third kappa shape index (κ3) is 6.28. The molecule has 4 heterocycles. The van der Waals surface area contributed by atoms with Crippen molar-refractivity contribution < 1.29 is 22.7 Å². The van der Waals surface area contributed by atoms with Crippen LogP contribution in [0.5, 0.6) is 5.88 Å². The first-order valence-corrected chi connectivity index (χ1v) is 16.7. The number of hydrogen-bond donors (Lipinski definition) is 1. The molecule has 0 bridgehead atoms. The topological polar surface area (TPSA) is 107 Å². The Morgan fingerprint density at radius 1 is 1.14 bits per heavy atom. The zero-order valence-electron chi connectivity index (χ0n) is 23.9. The number of pyridine rings is 1. The molecule has 3 aromatic heterocycles. The number of rotatable bonds is 9. The summed E-state index contributed by atoms with van der Waals surface area (Å²) in [7, 11) is -1.95. The summed E-state index contributed by atoms with van der Waals surface area (Å²) < 4.78 is 42.0. The van der Waals surface area contributed by atoms with E-state index in [1.807, 2.05) is 0 Å². The van der Waals surface area contributed by atoms with Gasteiger partial charge in [0.2, 0.25) is 5.88 Å². The molecule has 4 aromatic rings. The van der Waals surface area contributed by atoms with Crippen molar-refractivity contribution in [2.45, 2.75) is 51.1 Å². The molecule has 222 valence electrons. The van der Waals surface area contributed by atoms with Crippen LogP contribution in [-0.2, 0) is 9.22 Å². The van der Waals surface area contributed by atoms with Gasteiger partial charge in [-0.3, -0.25) is 9.69 Å². The summed E-state index contributed by atoms with van der Waals surface area (Å²) in [5, 5.41) is 7.54. The fourth-order valence-electron chi connectivity index (χ4n) is 4.31. The van der Waals surface area contributed by atoms with Crippen LogP contribution >= 0.6 is 11.6 Å². The lowest BCUT2D eigenvalue weighted by molar-refractivity contribution is -0.125. The number of halogens is 3. The normalized spacial score (nSPS) is 15.4. The van der Waals surface area contributed by atoms with Crippen LogP contribution in [0.25, 0.3) is 16.7 Å². The van der Waals surface area contributed by atoms with Crippen LogP contribution in [0.4, 0.5) is 14.6 Å². The predicted molar refractivity (Wildman–Crippen MR) is 157 cm³/mol. The summed E-state index contributed by atoms with van der Waals surface area (Å²) in [5.41, 5.74) is 0.280. The van der Waals surface area contributed by atoms with Crippen molar-refractivity contribution in [3.8, 4) is 11.6 Å². The second kappa shape index (κ2) is 11.6. The number of anilines is 1. The van der Waals surface area contributed by atoms with Gasteiger partial charge in [-0.05, 0) is 42.4 Å². The number of nitrogens with one attached hydrogen (secondary N) is 1. The Labute approximate surface area is 248 Å². The van der Waals surface area contributed by atoms with E-state index < -0.39 is 32.0 Å². The van der Waals surface area contributed by atoms with E-state index in [-0.39, 0.29) is 45.7 Å². The van der Waals surface area contributed by atoms with Crippen molar-refractivity contribution in [1.82, 2.24) is 29.6 Å². The number of hydrogen-bond acceptors (Lipinski definition) is 8. The number of likely N-dealkylation sites (tertiary alicyclic amines) is 1. The van der Waals surface area contributed by atoms with E-state index in [0.717, 1.165) is 6.20 Å². The van der Waals surface area contributed by atoms with Gasteiger partial charge in [-0.15, -0.1) is 0 Å². The molecular formula is C28H32ClF2N7O3Si. The molecule has 1 aliphatic heterocycles. The van der Waals surface area contributed by atoms with E-state index in [2.05, 4.69) is 64.1 Å². The molecule has 0 unspecified atom stereocenters. The van der Waals surface area contributed by atoms with Crippen molar-refractivity contribution in [3.05, 3.63) is 65.7 Å². The van der Waals surface area contributed by atoms with Gasteiger partial charge < -0.3 is 14.5 Å². The first-order chi connectivity index (χ1) is 19.8. The standard InChI is InChI=1S/C28H32ClF2N7O3Si/c1-28(2,3)42(4,5)41-18-13-37(14-18)15-22(26(39)36-23-10-9-17(30)11-32-23)40-27-19-12-35-38(25(19)33-16-34-27)24-20(29)7-6-8-21(24)31/h6-12,16,18,22H,13-15H2,1-5H3,(H,32,36,39)/t22-/m0/s1. The lowest BCUT2D eigenvalue weighted by Gasteiger charge is -2.46. The smallest absolute Gasteiger partial charge is 0.268 e. The highest BCUT2D eigenvalue weighted by Crippen LogP contribution is 2.38. The molecule has 10 nitrogen and oxygen atoms in total. The average molecular weight is 616 g/mol. The fourth-order valence-corrected chi connectivity index (χ4v) is 5.89. The summed E-state index contributed by atoms with van der Waals surface area (Å²) in [6.45, 7) is 12.5. The van der Waals surface area contributed by atoms with Gasteiger partial charge >= 0.3 is 0 Å². The van der Waals surface area contributed by atoms with Gasteiger partial charge in [0.1, 0.15) is 34.9 Å². The van der Waals surface area contributed by atoms with Crippen LogP contribution in [0.15, 0.2) is 49.1 Å². The van der Waals surface area contributed by atoms with Gasteiger partial charge in [0.05, 0.1) is 23.5 Å². The monoisotopic (exact) mass is 615 g/mol. The maximum atomic E-state index is 14.7.